The summed E-state index contributed by atoms with van der Waals surface area (Å²) in [6.07, 6.45) is 4.94. The first-order chi connectivity index (χ1) is 5.91. The van der Waals surface area contributed by atoms with Crippen molar-refractivity contribution >= 4 is 8.07 Å². The summed E-state index contributed by atoms with van der Waals surface area (Å²) in [5, 5.41) is 10.0. The van der Waals surface area contributed by atoms with Crippen LogP contribution in [-0.2, 0) is 0 Å². The van der Waals surface area contributed by atoms with Crippen molar-refractivity contribution in [2.24, 2.45) is 0 Å². The van der Waals surface area contributed by atoms with Crippen LogP contribution >= 0.6 is 0 Å². The molecule has 1 saturated carbocycles. The van der Waals surface area contributed by atoms with Crippen LogP contribution < -0.4 is 0 Å². The van der Waals surface area contributed by atoms with E-state index in [0.717, 1.165) is 12.8 Å². The van der Waals surface area contributed by atoms with E-state index >= 15 is 0 Å². The minimum absolute atomic E-state index is 0.438. The van der Waals surface area contributed by atoms with Crippen molar-refractivity contribution in [3.63, 3.8) is 0 Å². The molecule has 0 aliphatic heterocycles. The Balaban J connectivity index is 2.44. The number of rotatable bonds is 1. The summed E-state index contributed by atoms with van der Waals surface area (Å²) in [5.74, 6) is 3.17. The largest absolute Gasteiger partial charge is 0.389 e. The second-order valence-corrected chi connectivity index (χ2v) is 9.91. The molecule has 1 fully saturated rings. The Labute approximate surface area is 82.6 Å². The molecule has 1 aliphatic carbocycles. The summed E-state index contributed by atoms with van der Waals surface area (Å²) in [5.41, 5.74) is 2.86. The third-order valence-corrected chi connectivity index (χ3v) is 3.34. The maximum absolute atomic E-state index is 10.0. The van der Waals surface area contributed by atoms with Gasteiger partial charge in [-0.1, -0.05) is 32.5 Å². The van der Waals surface area contributed by atoms with E-state index in [1.165, 1.54) is 12.8 Å². The molecule has 0 unspecified atom stereocenters. The number of aliphatic hydroxyl groups is 1. The van der Waals surface area contributed by atoms with Crippen LogP contribution in [0.2, 0.25) is 19.6 Å². The second kappa shape index (κ2) is 3.85. The summed E-state index contributed by atoms with van der Waals surface area (Å²) in [6.45, 7) is 6.70. The van der Waals surface area contributed by atoms with Gasteiger partial charge in [0.15, 0.2) is 0 Å². The molecule has 0 heterocycles. The molecular formula is C11H20OSi. The monoisotopic (exact) mass is 196 g/mol. The van der Waals surface area contributed by atoms with E-state index < -0.39 is 13.7 Å². The lowest BCUT2D eigenvalue weighted by molar-refractivity contribution is 0.0532. The van der Waals surface area contributed by atoms with E-state index in [4.69, 9.17) is 0 Å². The predicted octanol–water partition coefficient (Wildman–Crippen LogP) is 2.56. The quantitative estimate of drug-likeness (QED) is 0.505. The molecule has 13 heavy (non-hydrogen) atoms. The number of hydrogen-bond donors (Lipinski definition) is 1. The first kappa shape index (κ1) is 10.8. The molecule has 0 atom stereocenters. The molecule has 0 aromatic carbocycles. The van der Waals surface area contributed by atoms with E-state index in [1.807, 2.05) is 0 Å². The molecule has 0 amide bonds. The summed E-state index contributed by atoms with van der Waals surface area (Å²) >= 11 is 0. The van der Waals surface area contributed by atoms with Crippen LogP contribution in [0.25, 0.3) is 0 Å². The van der Waals surface area contributed by atoms with Crippen LogP contribution in [0.1, 0.15) is 32.1 Å². The van der Waals surface area contributed by atoms with Crippen molar-refractivity contribution in [3.8, 4) is 11.5 Å². The topological polar surface area (TPSA) is 20.2 Å². The van der Waals surface area contributed by atoms with Gasteiger partial charge in [0, 0.05) is 6.42 Å². The fraction of sp³-hybridized carbons (Fsp3) is 0.818. The van der Waals surface area contributed by atoms with E-state index in [0.29, 0.717) is 6.42 Å². The molecule has 0 saturated heterocycles. The van der Waals surface area contributed by atoms with Crippen molar-refractivity contribution in [1.29, 1.82) is 0 Å². The van der Waals surface area contributed by atoms with Crippen LogP contribution in [0, 0.1) is 11.5 Å². The lowest BCUT2D eigenvalue weighted by Crippen LogP contribution is -2.23. The molecule has 0 bridgehead atoms. The van der Waals surface area contributed by atoms with Gasteiger partial charge in [-0.2, -0.15) is 0 Å². The lowest BCUT2D eigenvalue weighted by Gasteiger charge is -2.18. The molecule has 2 heteroatoms. The maximum Gasteiger partial charge on any atom is 0.129 e. The Morgan fingerprint density at radius 3 is 2.23 bits per heavy atom. The van der Waals surface area contributed by atoms with Gasteiger partial charge in [0.25, 0.3) is 0 Å². The fourth-order valence-corrected chi connectivity index (χ4v) is 2.30. The van der Waals surface area contributed by atoms with Crippen LogP contribution in [-0.4, -0.2) is 18.8 Å². The Kier molecular flexibility index (Phi) is 3.21. The Morgan fingerprint density at radius 2 is 1.77 bits per heavy atom. The first-order valence-electron chi connectivity index (χ1n) is 5.14. The molecule has 1 rings (SSSR count). The van der Waals surface area contributed by atoms with Gasteiger partial charge in [-0.05, 0) is 12.8 Å². The Morgan fingerprint density at radius 1 is 1.23 bits per heavy atom. The van der Waals surface area contributed by atoms with Crippen molar-refractivity contribution in [1.82, 2.24) is 0 Å². The van der Waals surface area contributed by atoms with Gasteiger partial charge >= 0.3 is 0 Å². The summed E-state index contributed by atoms with van der Waals surface area (Å²) < 4.78 is 0. The third-order valence-electron chi connectivity index (χ3n) is 2.42. The highest BCUT2D eigenvalue weighted by molar-refractivity contribution is 6.83. The normalized spacial score (nSPS) is 20.9. The average molecular weight is 196 g/mol. The molecule has 0 spiro atoms. The van der Waals surface area contributed by atoms with Gasteiger partial charge in [0.1, 0.15) is 8.07 Å². The zero-order valence-electron chi connectivity index (χ0n) is 8.98. The zero-order chi connectivity index (χ0) is 9.95. The number of hydrogen-bond acceptors (Lipinski definition) is 1. The molecule has 0 aromatic rings. The van der Waals surface area contributed by atoms with Crippen molar-refractivity contribution in [2.45, 2.75) is 57.3 Å². The zero-order valence-corrected chi connectivity index (χ0v) is 9.98. The van der Waals surface area contributed by atoms with Crippen LogP contribution in [0.5, 0.6) is 0 Å². The molecule has 0 aromatic heterocycles. The van der Waals surface area contributed by atoms with E-state index in [2.05, 4.69) is 31.1 Å². The van der Waals surface area contributed by atoms with Gasteiger partial charge in [0.05, 0.1) is 5.60 Å². The van der Waals surface area contributed by atoms with E-state index in [-0.39, 0.29) is 0 Å². The SMILES string of the molecule is C[Si](C)(C)C#CCC1(O)CCCC1. The third kappa shape index (κ3) is 3.97. The summed E-state index contributed by atoms with van der Waals surface area (Å²) in [6, 6.07) is 0. The van der Waals surface area contributed by atoms with Gasteiger partial charge in [-0.15, -0.1) is 11.5 Å². The van der Waals surface area contributed by atoms with E-state index in [1.54, 1.807) is 0 Å². The van der Waals surface area contributed by atoms with Crippen LogP contribution in [0.4, 0.5) is 0 Å². The minimum atomic E-state index is -1.23. The molecule has 1 aliphatic rings. The average Bonchev–Trinajstić information content (AvgIpc) is 2.33. The molecule has 74 valence electrons. The highest BCUT2D eigenvalue weighted by Gasteiger charge is 2.29. The van der Waals surface area contributed by atoms with Gasteiger partial charge in [0.2, 0.25) is 0 Å². The molecular weight excluding hydrogens is 176 g/mol. The van der Waals surface area contributed by atoms with Gasteiger partial charge < -0.3 is 5.11 Å². The molecule has 1 N–H and O–H groups in total. The Bertz CT molecular complexity index is 223. The summed E-state index contributed by atoms with van der Waals surface area (Å²) in [7, 11) is -1.23. The van der Waals surface area contributed by atoms with Gasteiger partial charge in [-0.25, -0.2) is 0 Å². The molecule has 1 nitrogen and oxygen atoms in total. The van der Waals surface area contributed by atoms with Crippen molar-refractivity contribution in [2.75, 3.05) is 0 Å². The highest BCUT2D eigenvalue weighted by Crippen LogP contribution is 2.31. The smallest absolute Gasteiger partial charge is 0.129 e. The first-order valence-corrected chi connectivity index (χ1v) is 8.64. The van der Waals surface area contributed by atoms with Crippen LogP contribution in [0.15, 0.2) is 0 Å². The van der Waals surface area contributed by atoms with Crippen molar-refractivity contribution in [3.05, 3.63) is 0 Å². The van der Waals surface area contributed by atoms with Gasteiger partial charge in [-0.3, -0.25) is 0 Å². The standard InChI is InChI=1S/C11H20OSi/c1-13(2,3)10-6-9-11(12)7-4-5-8-11/h12H,4-5,7-9H2,1-3H3. The fourth-order valence-electron chi connectivity index (χ4n) is 1.68. The lowest BCUT2D eigenvalue weighted by atomic mass is 9.99. The van der Waals surface area contributed by atoms with Crippen molar-refractivity contribution < 1.29 is 5.11 Å². The predicted molar refractivity (Wildman–Crippen MR) is 59.2 cm³/mol. The minimum Gasteiger partial charge on any atom is -0.389 e. The Hall–Kier alpha value is -0.263. The highest BCUT2D eigenvalue weighted by atomic mass is 28.3. The second-order valence-electron chi connectivity index (χ2n) is 5.16. The van der Waals surface area contributed by atoms with E-state index in [9.17, 15) is 5.11 Å². The summed E-state index contributed by atoms with van der Waals surface area (Å²) in [4.78, 5) is 0. The maximum atomic E-state index is 10.0. The van der Waals surface area contributed by atoms with Crippen LogP contribution in [0.3, 0.4) is 0 Å². The molecule has 0 radical (unpaired) electrons.